The lowest BCUT2D eigenvalue weighted by molar-refractivity contribution is -0.121. The Kier molecular flexibility index (Phi) is 5.51. The molecule has 3 aromatic rings. The quantitative estimate of drug-likeness (QED) is 0.596. The summed E-state index contributed by atoms with van der Waals surface area (Å²) in [6.45, 7) is 0.955. The van der Waals surface area contributed by atoms with E-state index in [0.717, 1.165) is 18.2 Å². The van der Waals surface area contributed by atoms with Gasteiger partial charge in [-0.05, 0) is 43.2 Å². The molecule has 0 radical (unpaired) electrons. The number of sulfonamides is 1. The minimum atomic E-state index is -3.63. The lowest BCUT2D eigenvalue weighted by Crippen LogP contribution is -2.42. The fourth-order valence-electron chi connectivity index (χ4n) is 3.34. The highest BCUT2D eigenvalue weighted by atomic mass is 32.2. The van der Waals surface area contributed by atoms with Gasteiger partial charge in [0.2, 0.25) is 15.9 Å². The van der Waals surface area contributed by atoms with Crippen molar-refractivity contribution in [1.82, 2.24) is 20.3 Å². The normalized spacial score (nSPS) is 14.7. The van der Waals surface area contributed by atoms with Gasteiger partial charge < -0.3 is 4.52 Å². The number of hydrogen-bond acceptors (Lipinski definition) is 6. The SMILES string of the molecule is O=C(Cc1noc2ccccc12)NNC(=O)c1cccc(S(=O)(=O)N2CCCC2)c1. The lowest BCUT2D eigenvalue weighted by atomic mass is 10.2. The van der Waals surface area contributed by atoms with Gasteiger partial charge in [-0.1, -0.05) is 23.4 Å². The first-order valence-electron chi connectivity index (χ1n) is 9.48. The maximum atomic E-state index is 12.7. The van der Waals surface area contributed by atoms with E-state index >= 15 is 0 Å². The molecule has 0 spiro atoms. The molecule has 4 rings (SSSR count). The number of hydrogen-bond donors (Lipinski definition) is 2. The molecule has 10 heteroatoms. The third-order valence-corrected chi connectivity index (χ3v) is 6.79. The fraction of sp³-hybridized carbons (Fsp3) is 0.250. The minimum Gasteiger partial charge on any atom is -0.356 e. The maximum Gasteiger partial charge on any atom is 0.269 e. The smallest absolute Gasteiger partial charge is 0.269 e. The van der Waals surface area contributed by atoms with E-state index in [4.69, 9.17) is 4.52 Å². The van der Waals surface area contributed by atoms with Crippen LogP contribution in [0.1, 0.15) is 28.9 Å². The molecule has 0 unspecified atom stereocenters. The van der Waals surface area contributed by atoms with Crippen molar-refractivity contribution in [3.8, 4) is 0 Å². The number of aromatic nitrogens is 1. The molecule has 1 aromatic heterocycles. The summed E-state index contributed by atoms with van der Waals surface area (Å²) in [6, 6.07) is 12.9. The van der Waals surface area contributed by atoms with E-state index < -0.39 is 21.8 Å². The van der Waals surface area contributed by atoms with E-state index in [2.05, 4.69) is 16.0 Å². The number of para-hydroxylation sites is 1. The summed E-state index contributed by atoms with van der Waals surface area (Å²) in [5, 5.41) is 4.60. The van der Waals surface area contributed by atoms with Crippen LogP contribution in [-0.4, -0.2) is 42.8 Å². The van der Waals surface area contributed by atoms with Crippen LogP contribution in [0.25, 0.3) is 11.0 Å². The molecule has 2 N–H and O–H groups in total. The molecule has 0 bridgehead atoms. The fourth-order valence-corrected chi connectivity index (χ4v) is 4.90. The van der Waals surface area contributed by atoms with Gasteiger partial charge in [-0.25, -0.2) is 8.42 Å². The number of fused-ring (bicyclic) bond motifs is 1. The van der Waals surface area contributed by atoms with E-state index in [0.29, 0.717) is 24.4 Å². The van der Waals surface area contributed by atoms with E-state index in [1.54, 1.807) is 18.2 Å². The van der Waals surface area contributed by atoms with Crippen LogP contribution in [0.4, 0.5) is 0 Å². The second kappa shape index (κ2) is 8.25. The van der Waals surface area contributed by atoms with Crippen molar-refractivity contribution in [2.75, 3.05) is 13.1 Å². The van der Waals surface area contributed by atoms with Crippen LogP contribution in [-0.2, 0) is 21.2 Å². The van der Waals surface area contributed by atoms with Gasteiger partial charge in [0.05, 0.1) is 11.3 Å². The number of nitrogens with one attached hydrogen (secondary N) is 2. The molecule has 2 heterocycles. The molecule has 0 aliphatic carbocycles. The Hall–Kier alpha value is -3.24. The van der Waals surface area contributed by atoms with Gasteiger partial charge in [0.25, 0.3) is 5.91 Å². The van der Waals surface area contributed by atoms with Crippen molar-refractivity contribution < 1.29 is 22.5 Å². The highest BCUT2D eigenvalue weighted by Gasteiger charge is 2.27. The first kappa shape index (κ1) is 20.0. The summed E-state index contributed by atoms with van der Waals surface area (Å²) in [5.74, 6) is -1.10. The first-order valence-corrected chi connectivity index (χ1v) is 10.9. The van der Waals surface area contributed by atoms with Crippen LogP contribution in [0.3, 0.4) is 0 Å². The zero-order valence-electron chi connectivity index (χ0n) is 16.0. The minimum absolute atomic E-state index is 0.0532. The largest absolute Gasteiger partial charge is 0.356 e. The molecular weight excluding hydrogens is 408 g/mol. The number of hydrazine groups is 1. The number of nitrogens with zero attached hydrogens (tertiary/aromatic N) is 2. The average molecular weight is 428 g/mol. The van der Waals surface area contributed by atoms with Gasteiger partial charge in [-0.3, -0.25) is 20.4 Å². The van der Waals surface area contributed by atoms with Gasteiger partial charge in [0.15, 0.2) is 5.58 Å². The summed E-state index contributed by atoms with van der Waals surface area (Å²) in [6.07, 6.45) is 1.57. The summed E-state index contributed by atoms with van der Waals surface area (Å²) >= 11 is 0. The van der Waals surface area contributed by atoms with Crippen LogP contribution >= 0.6 is 0 Å². The standard InChI is InChI=1S/C20H20N4O5S/c25-19(13-17-16-8-1-2-9-18(16)29-23-17)21-22-20(26)14-6-5-7-15(12-14)30(27,28)24-10-3-4-11-24/h1-2,5-9,12H,3-4,10-11,13H2,(H,21,25)(H,22,26). The Morgan fingerprint density at radius 1 is 1.03 bits per heavy atom. The number of benzene rings is 2. The van der Waals surface area contributed by atoms with E-state index in [1.165, 1.54) is 28.6 Å². The second-order valence-electron chi connectivity index (χ2n) is 6.94. The van der Waals surface area contributed by atoms with Crippen LogP contribution in [0.2, 0.25) is 0 Å². The van der Waals surface area contributed by atoms with Crippen molar-refractivity contribution in [3.05, 3.63) is 59.8 Å². The highest BCUT2D eigenvalue weighted by molar-refractivity contribution is 7.89. The van der Waals surface area contributed by atoms with E-state index in [1.807, 2.05) is 6.07 Å². The topological polar surface area (TPSA) is 122 Å². The molecule has 156 valence electrons. The summed E-state index contributed by atoms with van der Waals surface area (Å²) in [5.41, 5.74) is 5.77. The van der Waals surface area contributed by atoms with Crippen molar-refractivity contribution in [1.29, 1.82) is 0 Å². The molecular formula is C20H20N4O5S. The van der Waals surface area contributed by atoms with Crippen molar-refractivity contribution in [2.24, 2.45) is 0 Å². The van der Waals surface area contributed by atoms with Gasteiger partial charge >= 0.3 is 0 Å². The Labute approximate surface area is 173 Å². The Bertz CT molecular complexity index is 1200. The molecule has 9 nitrogen and oxygen atoms in total. The first-order chi connectivity index (χ1) is 14.4. The Balaban J connectivity index is 1.40. The molecule has 0 saturated carbocycles. The Morgan fingerprint density at radius 2 is 1.80 bits per heavy atom. The molecule has 30 heavy (non-hydrogen) atoms. The van der Waals surface area contributed by atoms with Crippen LogP contribution in [0.15, 0.2) is 57.9 Å². The highest BCUT2D eigenvalue weighted by Crippen LogP contribution is 2.21. The molecule has 1 aliphatic rings. The third-order valence-electron chi connectivity index (χ3n) is 4.89. The number of carbonyl (C=O) groups excluding carboxylic acids is 2. The molecule has 0 atom stereocenters. The lowest BCUT2D eigenvalue weighted by Gasteiger charge is -2.16. The van der Waals surface area contributed by atoms with Gasteiger partial charge in [0, 0.05) is 24.0 Å². The number of amides is 2. The number of rotatable bonds is 5. The summed E-state index contributed by atoms with van der Waals surface area (Å²) < 4.78 is 31.9. The molecule has 1 fully saturated rings. The second-order valence-corrected chi connectivity index (χ2v) is 8.88. The number of carbonyl (C=O) groups is 2. The van der Waals surface area contributed by atoms with Crippen LogP contribution < -0.4 is 10.9 Å². The van der Waals surface area contributed by atoms with Crippen molar-refractivity contribution in [3.63, 3.8) is 0 Å². The average Bonchev–Trinajstić information content (AvgIpc) is 3.43. The van der Waals surface area contributed by atoms with Gasteiger partial charge in [-0.2, -0.15) is 4.31 Å². The summed E-state index contributed by atoms with van der Waals surface area (Å²) in [7, 11) is -3.63. The molecule has 2 amide bonds. The maximum absolute atomic E-state index is 12.7. The van der Waals surface area contributed by atoms with E-state index in [-0.39, 0.29) is 16.9 Å². The third kappa shape index (κ3) is 4.05. The predicted molar refractivity (Wildman–Crippen MR) is 108 cm³/mol. The van der Waals surface area contributed by atoms with Crippen LogP contribution in [0, 0.1) is 0 Å². The zero-order valence-corrected chi connectivity index (χ0v) is 16.8. The van der Waals surface area contributed by atoms with Gasteiger partial charge in [0.1, 0.15) is 5.69 Å². The van der Waals surface area contributed by atoms with Crippen molar-refractivity contribution in [2.45, 2.75) is 24.2 Å². The van der Waals surface area contributed by atoms with Gasteiger partial charge in [-0.15, -0.1) is 0 Å². The van der Waals surface area contributed by atoms with Crippen molar-refractivity contribution >= 4 is 32.8 Å². The van der Waals surface area contributed by atoms with Crippen LogP contribution in [0.5, 0.6) is 0 Å². The molecule has 1 saturated heterocycles. The Morgan fingerprint density at radius 3 is 2.60 bits per heavy atom. The van der Waals surface area contributed by atoms with E-state index in [9.17, 15) is 18.0 Å². The monoisotopic (exact) mass is 428 g/mol. The predicted octanol–water partition coefficient (Wildman–Crippen LogP) is 1.62. The molecule has 1 aliphatic heterocycles. The zero-order chi connectivity index (χ0) is 21.1. The summed E-state index contributed by atoms with van der Waals surface area (Å²) in [4.78, 5) is 24.6. The molecule has 2 aromatic carbocycles.